The smallest absolute Gasteiger partial charge is 0.235 e. The van der Waals surface area contributed by atoms with Crippen molar-refractivity contribution in [1.82, 2.24) is 19.6 Å². The van der Waals surface area contributed by atoms with Gasteiger partial charge in [-0.05, 0) is 32.1 Å². The van der Waals surface area contributed by atoms with E-state index in [-0.39, 0.29) is 36.3 Å². The van der Waals surface area contributed by atoms with Crippen LogP contribution in [0.4, 0.5) is 0 Å². The number of nitrogens with one attached hydrogen (secondary N) is 1. The third-order valence-corrected chi connectivity index (χ3v) is 6.49. The molecule has 10 nitrogen and oxygen atoms in total. The highest BCUT2D eigenvalue weighted by Gasteiger charge is 2.29. The molecule has 0 aromatic carbocycles. The van der Waals surface area contributed by atoms with Crippen molar-refractivity contribution in [3.05, 3.63) is 12.4 Å². The third-order valence-electron chi connectivity index (χ3n) is 5.07. The number of rotatable bonds is 8. The average Bonchev–Trinajstić information content (AvgIpc) is 2.69. The highest BCUT2D eigenvalue weighted by molar-refractivity contribution is 7.89. The Morgan fingerprint density at radius 3 is 2.41 bits per heavy atom. The number of imide groups is 1. The first-order valence-corrected chi connectivity index (χ1v) is 11.4. The zero-order valence-corrected chi connectivity index (χ0v) is 17.2. The molecule has 0 radical (unpaired) electrons. The fourth-order valence-electron chi connectivity index (χ4n) is 3.53. The monoisotopic (exact) mass is 426 g/mol. The molecule has 0 bridgehead atoms. The maximum Gasteiger partial charge on any atom is 0.235 e. The Morgan fingerprint density at radius 1 is 1.10 bits per heavy atom. The Labute approximate surface area is 170 Å². The number of carbonyl (C=O) groups excluding carboxylic acids is 2. The fraction of sp³-hybridized carbons (Fsp3) is 0.667. The predicted molar refractivity (Wildman–Crippen MR) is 103 cm³/mol. The van der Waals surface area contributed by atoms with E-state index >= 15 is 0 Å². The summed E-state index contributed by atoms with van der Waals surface area (Å²) in [5.41, 5.74) is 0. The number of aromatic nitrogens is 2. The lowest BCUT2D eigenvalue weighted by Gasteiger charge is -2.29. The third kappa shape index (κ3) is 6.10. The van der Waals surface area contributed by atoms with E-state index in [1.165, 1.54) is 19.5 Å². The first-order chi connectivity index (χ1) is 13.9. The lowest BCUT2D eigenvalue weighted by molar-refractivity contribution is -0.147. The summed E-state index contributed by atoms with van der Waals surface area (Å²) in [5, 5.41) is 0. The van der Waals surface area contributed by atoms with Crippen molar-refractivity contribution >= 4 is 21.8 Å². The largest absolute Gasteiger partial charge is 0.480 e. The molecule has 160 valence electrons. The topological polar surface area (TPSA) is 128 Å². The van der Waals surface area contributed by atoms with Crippen LogP contribution in [-0.2, 0) is 19.6 Å². The van der Waals surface area contributed by atoms with E-state index in [0.717, 1.165) is 4.90 Å². The molecule has 1 saturated heterocycles. The van der Waals surface area contributed by atoms with Crippen LogP contribution in [-0.4, -0.2) is 66.7 Å². The number of hydrogen-bond acceptors (Lipinski definition) is 8. The zero-order chi connectivity index (χ0) is 20.9. The summed E-state index contributed by atoms with van der Waals surface area (Å²) in [7, 11) is -2.09. The Hall–Kier alpha value is -2.27. The molecule has 2 amide bonds. The number of piperidine rings is 1. The number of hydrogen-bond donors (Lipinski definition) is 1. The molecule has 0 spiro atoms. The van der Waals surface area contributed by atoms with Gasteiger partial charge in [-0.15, -0.1) is 0 Å². The number of ether oxygens (including phenoxy) is 2. The Bertz CT molecular complexity index is 823. The summed E-state index contributed by atoms with van der Waals surface area (Å²) < 4.78 is 38.3. The number of methoxy groups -OCH3 is 1. The second-order valence-electron chi connectivity index (χ2n) is 7.22. The molecule has 1 aliphatic carbocycles. The number of amides is 2. The van der Waals surface area contributed by atoms with Crippen LogP contribution in [0.15, 0.2) is 12.4 Å². The van der Waals surface area contributed by atoms with E-state index in [1.807, 2.05) is 0 Å². The minimum atomic E-state index is -3.59. The fourth-order valence-corrected chi connectivity index (χ4v) is 4.81. The van der Waals surface area contributed by atoms with Gasteiger partial charge in [-0.3, -0.25) is 19.5 Å². The van der Waals surface area contributed by atoms with Crippen LogP contribution in [0.1, 0.15) is 44.9 Å². The van der Waals surface area contributed by atoms with Gasteiger partial charge in [0, 0.05) is 25.4 Å². The van der Waals surface area contributed by atoms with Crippen molar-refractivity contribution in [1.29, 1.82) is 0 Å². The molecular formula is C18H26N4O6S. The van der Waals surface area contributed by atoms with E-state index in [9.17, 15) is 18.0 Å². The molecule has 2 heterocycles. The normalized spacial score (nSPS) is 23.1. The standard InChI is InChI=1S/C18H26N4O6S/c1-27-15-11-19-12-16(20-15)28-14-7-5-13(6-8-14)21-29(25,26)10-9-22-17(23)3-2-4-18(22)24/h11-14,21H,2-10H2,1H3. The van der Waals surface area contributed by atoms with E-state index < -0.39 is 10.0 Å². The van der Waals surface area contributed by atoms with Crippen molar-refractivity contribution < 1.29 is 27.5 Å². The molecule has 2 fully saturated rings. The van der Waals surface area contributed by atoms with Gasteiger partial charge in [0.05, 0.1) is 25.3 Å². The molecule has 1 N–H and O–H groups in total. The maximum absolute atomic E-state index is 12.4. The summed E-state index contributed by atoms with van der Waals surface area (Å²) in [6.45, 7) is -0.0973. The first-order valence-electron chi connectivity index (χ1n) is 9.72. The van der Waals surface area contributed by atoms with Gasteiger partial charge in [-0.1, -0.05) is 0 Å². The van der Waals surface area contributed by atoms with Gasteiger partial charge in [-0.2, -0.15) is 4.98 Å². The minimum absolute atomic E-state index is 0.0687. The molecular weight excluding hydrogens is 400 g/mol. The van der Waals surface area contributed by atoms with Gasteiger partial charge in [0.1, 0.15) is 6.10 Å². The molecule has 1 aromatic heterocycles. The predicted octanol–water partition coefficient (Wildman–Crippen LogP) is 0.634. The summed E-state index contributed by atoms with van der Waals surface area (Å²) in [4.78, 5) is 32.8. The van der Waals surface area contributed by atoms with Crippen molar-refractivity contribution in [2.75, 3.05) is 19.4 Å². The molecule has 1 saturated carbocycles. The molecule has 11 heteroatoms. The van der Waals surface area contributed by atoms with Crippen LogP contribution in [0.3, 0.4) is 0 Å². The zero-order valence-electron chi connectivity index (χ0n) is 16.4. The Kier molecular flexibility index (Phi) is 7.01. The number of carbonyl (C=O) groups is 2. The van der Waals surface area contributed by atoms with Crippen molar-refractivity contribution in [2.45, 2.75) is 57.1 Å². The van der Waals surface area contributed by atoms with E-state index in [0.29, 0.717) is 56.7 Å². The molecule has 0 unspecified atom stereocenters. The summed E-state index contributed by atoms with van der Waals surface area (Å²) >= 11 is 0. The van der Waals surface area contributed by atoms with Crippen LogP contribution in [0, 0.1) is 0 Å². The van der Waals surface area contributed by atoms with Crippen LogP contribution < -0.4 is 14.2 Å². The van der Waals surface area contributed by atoms with Gasteiger partial charge in [0.15, 0.2) is 0 Å². The molecule has 1 aromatic rings. The number of sulfonamides is 1. The van der Waals surface area contributed by atoms with Crippen molar-refractivity contribution in [3.63, 3.8) is 0 Å². The van der Waals surface area contributed by atoms with Crippen LogP contribution in [0.25, 0.3) is 0 Å². The van der Waals surface area contributed by atoms with E-state index in [1.54, 1.807) is 0 Å². The van der Waals surface area contributed by atoms with Gasteiger partial charge >= 0.3 is 0 Å². The molecule has 1 aliphatic heterocycles. The molecule has 2 aliphatic rings. The SMILES string of the molecule is COc1cncc(OC2CCC(NS(=O)(=O)CCN3C(=O)CCCC3=O)CC2)n1. The van der Waals surface area contributed by atoms with Crippen LogP contribution >= 0.6 is 0 Å². The highest BCUT2D eigenvalue weighted by Crippen LogP contribution is 2.24. The second kappa shape index (κ2) is 9.49. The van der Waals surface area contributed by atoms with Crippen LogP contribution in [0.2, 0.25) is 0 Å². The van der Waals surface area contributed by atoms with Gasteiger partial charge in [-0.25, -0.2) is 13.1 Å². The summed E-state index contributed by atoms with van der Waals surface area (Å²) in [6, 6.07) is -0.191. The Morgan fingerprint density at radius 2 is 1.76 bits per heavy atom. The van der Waals surface area contributed by atoms with Gasteiger partial charge in [0.25, 0.3) is 0 Å². The van der Waals surface area contributed by atoms with Crippen LogP contribution in [0.5, 0.6) is 11.8 Å². The minimum Gasteiger partial charge on any atom is -0.480 e. The number of nitrogens with zero attached hydrogens (tertiary/aromatic N) is 3. The second-order valence-corrected chi connectivity index (χ2v) is 9.09. The average molecular weight is 426 g/mol. The maximum atomic E-state index is 12.4. The van der Waals surface area contributed by atoms with Crippen molar-refractivity contribution in [3.8, 4) is 11.8 Å². The molecule has 0 atom stereocenters. The number of likely N-dealkylation sites (tertiary alicyclic amines) is 1. The summed E-state index contributed by atoms with van der Waals surface area (Å²) in [6.07, 6.45) is 6.66. The summed E-state index contributed by atoms with van der Waals surface area (Å²) in [5.74, 6) is -0.122. The highest BCUT2D eigenvalue weighted by atomic mass is 32.2. The lowest BCUT2D eigenvalue weighted by atomic mass is 9.94. The van der Waals surface area contributed by atoms with E-state index in [2.05, 4.69) is 14.7 Å². The van der Waals surface area contributed by atoms with Gasteiger partial charge < -0.3 is 9.47 Å². The van der Waals surface area contributed by atoms with E-state index in [4.69, 9.17) is 9.47 Å². The molecule has 3 rings (SSSR count). The quantitative estimate of drug-likeness (QED) is 0.600. The Balaban J connectivity index is 1.44. The first kappa shape index (κ1) is 21.4. The molecule has 29 heavy (non-hydrogen) atoms. The van der Waals surface area contributed by atoms with Gasteiger partial charge in [0.2, 0.25) is 33.6 Å². The van der Waals surface area contributed by atoms with Crippen molar-refractivity contribution in [2.24, 2.45) is 0 Å². The lowest BCUT2D eigenvalue weighted by Crippen LogP contribution is -2.46.